The van der Waals surface area contributed by atoms with Crippen LogP contribution >= 0.6 is 0 Å². The van der Waals surface area contributed by atoms with Gasteiger partial charge in [0.25, 0.3) is 0 Å². The summed E-state index contributed by atoms with van der Waals surface area (Å²) in [5, 5.41) is 7.79. The lowest BCUT2D eigenvalue weighted by atomic mass is 10.8. The molecule has 7 heavy (non-hydrogen) atoms. The van der Waals surface area contributed by atoms with Crippen molar-refractivity contribution in [1.29, 1.82) is 0 Å². The molecule has 0 atom stereocenters. The fraction of sp³-hybridized carbons (Fsp3) is 0.750. The fourth-order valence-corrected chi connectivity index (χ4v) is 0.123. The minimum atomic E-state index is -0.933. The van der Waals surface area contributed by atoms with Gasteiger partial charge in [-0.1, -0.05) is 7.43 Å². The number of methoxy groups -OCH3 is 1. The highest BCUT2D eigenvalue weighted by molar-refractivity contribution is 5.67. The maximum Gasteiger partial charge on any atom is 0.329 e. The third-order valence-corrected chi connectivity index (χ3v) is 0.268. The van der Waals surface area contributed by atoms with Gasteiger partial charge >= 0.3 is 5.97 Å². The second-order valence-corrected chi connectivity index (χ2v) is 0.827. The third-order valence-electron chi connectivity index (χ3n) is 0.268. The number of hydrogen-bond acceptors (Lipinski definition) is 2. The lowest BCUT2D eigenvalue weighted by Crippen LogP contribution is -2.02. The summed E-state index contributed by atoms with van der Waals surface area (Å²) in [6, 6.07) is 0. The molecule has 1 N–H and O–H groups in total. The summed E-state index contributed by atoms with van der Waals surface area (Å²) in [5.41, 5.74) is 0. The maximum absolute atomic E-state index is 9.47. The highest BCUT2D eigenvalue weighted by atomic mass is 16.5. The Balaban J connectivity index is 0. The van der Waals surface area contributed by atoms with E-state index in [9.17, 15) is 4.79 Å². The summed E-state index contributed by atoms with van der Waals surface area (Å²) < 4.78 is 4.20. The Bertz CT molecular complexity index is 50.9. The van der Waals surface area contributed by atoms with Crippen LogP contribution in [0.15, 0.2) is 0 Å². The lowest BCUT2D eigenvalue weighted by molar-refractivity contribution is -0.141. The van der Waals surface area contributed by atoms with Crippen molar-refractivity contribution in [2.75, 3.05) is 13.7 Å². The van der Waals surface area contributed by atoms with Gasteiger partial charge in [0.05, 0.1) is 0 Å². The molecular weight excluding hydrogens is 96.0 g/mol. The van der Waals surface area contributed by atoms with Gasteiger partial charge in [0.15, 0.2) is 0 Å². The molecule has 0 aliphatic heterocycles. The van der Waals surface area contributed by atoms with E-state index in [1.165, 1.54) is 7.11 Å². The molecule has 3 heteroatoms. The van der Waals surface area contributed by atoms with Gasteiger partial charge in [-0.05, 0) is 0 Å². The third kappa shape index (κ3) is 10.8. The lowest BCUT2D eigenvalue weighted by Gasteiger charge is -1.83. The largest absolute Gasteiger partial charge is 0.480 e. The summed E-state index contributed by atoms with van der Waals surface area (Å²) in [6.07, 6.45) is 0. The van der Waals surface area contributed by atoms with Crippen LogP contribution in [0.3, 0.4) is 0 Å². The molecule has 0 unspecified atom stereocenters. The molecule has 0 aromatic carbocycles. The molecule has 0 saturated carbocycles. The summed E-state index contributed by atoms with van der Waals surface area (Å²) in [5.74, 6) is -0.933. The summed E-state index contributed by atoms with van der Waals surface area (Å²) in [4.78, 5) is 9.47. The molecule has 3 nitrogen and oxygen atoms in total. The van der Waals surface area contributed by atoms with Crippen LogP contribution in [0, 0.1) is 0 Å². The Hall–Kier alpha value is -0.570. The minimum absolute atomic E-state index is 0. The molecule has 0 spiro atoms. The average Bonchev–Trinajstić information content (AvgIpc) is 1.35. The summed E-state index contributed by atoms with van der Waals surface area (Å²) >= 11 is 0. The molecule has 44 valence electrons. The van der Waals surface area contributed by atoms with E-state index in [1.807, 2.05) is 0 Å². The van der Waals surface area contributed by atoms with E-state index in [0.29, 0.717) is 0 Å². The number of hydrogen-bond donors (Lipinski definition) is 1. The molecule has 0 saturated heterocycles. The van der Waals surface area contributed by atoms with Crippen molar-refractivity contribution >= 4 is 5.97 Å². The number of aliphatic carboxylic acids is 1. The van der Waals surface area contributed by atoms with Gasteiger partial charge in [-0.15, -0.1) is 0 Å². The molecule has 0 rings (SSSR count). The van der Waals surface area contributed by atoms with Crippen molar-refractivity contribution in [3.8, 4) is 0 Å². The first-order valence-electron chi connectivity index (χ1n) is 1.48. The second-order valence-electron chi connectivity index (χ2n) is 0.827. The zero-order chi connectivity index (χ0) is 4.99. The van der Waals surface area contributed by atoms with Crippen LogP contribution in [0.25, 0.3) is 0 Å². The molecule has 0 fully saturated rings. The van der Waals surface area contributed by atoms with E-state index in [1.54, 1.807) is 0 Å². The molecule has 0 amide bonds. The van der Waals surface area contributed by atoms with Gasteiger partial charge < -0.3 is 9.84 Å². The Morgan fingerprint density at radius 1 is 1.86 bits per heavy atom. The quantitative estimate of drug-likeness (QED) is 0.552. The van der Waals surface area contributed by atoms with Crippen LogP contribution < -0.4 is 0 Å². The Labute approximate surface area is 42.9 Å². The smallest absolute Gasteiger partial charge is 0.329 e. The van der Waals surface area contributed by atoms with Crippen LogP contribution in [0.5, 0.6) is 0 Å². The van der Waals surface area contributed by atoms with E-state index in [2.05, 4.69) is 4.74 Å². The van der Waals surface area contributed by atoms with E-state index >= 15 is 0 Å². The second kappa shape index (κ2) is 5.43. The molecule has 0 aromatic heterocycles. The highest BCUT2D eigenvalue weighted by Crippen LogP contribution is 1.61. The predicted molar refractivity (Wildman–Crippen MR) is 26.2 cm³/mol. The average molecular weight is 106 g/mol. The first-order valence-corrected chi connectivity index (χ1v) is 1.48. The van der Waals surface area contributed by atoms with Crippen molar-refractivity contribution in [2.45, 2.75) is 7.43 Å². The Kier molecular flexibility index (Phi) is 7.49. The number of carboxylic acids is 1. The number of carbonyl (C=O) groups is 1. The topological polar surface area (TPSA) is 46.5 Å². The van der Waals surface area contributed by atoms with E-state index < -0.39 is 5.97 Å². The Morgan fingerprint density at radius 3 is 2.29 bits per heavy atom. The van der Waals surface area contributed by atoms with Crippen molar-refractivity contribution < 1.29 is 14.6 Å². The predicted octanol–water partition coefficient (Wildman–Crippen LogP) is 0.354. The highest BCUT2D eigenvalue weighted by Gasteiger charge is 1.87. The molecule has 0 heterocycles. The molecule has 0 radical (unpaired) electrons. The summed E-state index contributed by atoms with van der Waals surface area (Å²) in [7, 11) is 1.34. The zero-order valence-electron chi connectivity index (χ0n) is 3.47. The van der Waals surface area contributed by atoms with Gasteiger partial charge in [0.2, 0.25) is 0 Å². The molecule has 0 aliphatic carbocycles. The van der Waals surface area contributed by atoms with Gasteiger partial charge in [0, 0.05) is 7.11 Å². The van der Waals surface area contributed by atoms with Crippen LogP contribution in [0.1, 0.15) is 7.43 Å². The van der Waals surface area contributed by atoms with Crippen LogP contribution in [0.2, 0.25) is 0 Å². The molecule has 0 bridgehead atoms. The Morgan fingerprint density at radius 2 is 2.29 bits per heavy atom. The van der Waals surface area contributed by atoms with Crippen LogP contribution in [-0.4, -0.2) is 24.8 Å². The monoisotopic (exact) mass is 106 g/mol. The molecule has 0 aromatic rings. The van der Waals surface area contributed by atoms with Gasteiger partial charge in [-0.3, -0.25) is 0 Å². The van der Waals surface area contributed by atoms with Gasteiger partial charge in [0.1, 0.15) is 6.61 Å². The normalized spacial score (nSPS) is 7.00. The first-order chi connectivity index (χ1) is 2.77. The SMILES string of the molecule is C.COCC(=O)O. The van der Waals surface area contributed by atoms with E-state index in [-0.39, 0.29) is 14.0 Å². The van der Waals surface area contributed by atoms with E-state index in [4.69, 9.17) is 5.11 Å². The number of carboxylic acid groups (broad SMARTS) is 1. The maximum atomic E-state index is 9.47. The van der Waals surface area contributed by atoms with Crippen molar-refractivity contribution in [2.24, 2.45) is 0 Å². The number of ether oxygens (including phenoxy) is 1. The first kappa shape index (κ1) is 9.66. The zero-order valence-corrected chi connectivity index (χ0v) is 3.47. The van der Waals surface area contributed by atoms with Crippen LogP contribution in [0.4, 0.5) is 0 Å². The summed E-state index contributed by atoms with van der Waals surface area (Å²) in [6.45, 7) is -0.208. The van der Waals surface area contributed by atoms with Crippen molar-refractivity contribution in [3.63, 3.8) is 0 Å². The van der Waals surface area contributed by atoms with Crippen molar-refractivity contribution in [3.05, 3.63) is 0 Å². The van der Waals surface area contributed by atoms with Gasteiger partial charge in [-0.25, -0.2) is 4.79 Å². The van der Waals surface area contributed by atoms with Crippen molar-refractivity contribution in [1.82, 2.24) is 0 Å². The van der Waals surface area contributed by atoms with Gasteiger partial charge in [-0.2, -0.15) is 0 Å². The fourth-order valence-electron chi connectivity index (χ4n) is 0.123. The number of rotatable bonds is 2. The van der Waals surface area contributed by atoms with E-state index in [0.717, 1.165) is 0 Å². The molecular formula is C4H10O3. The minimum Gasteiger partial charge on any atom is -0.480 e. The van der Waals surface area contributed by atoms with Crippen LogP contribution in [-0.2, 0) is 9.53 Å². The standard InChI is InChI=1S/C3H6O3.CH4/c1-6-2-3(4)5;/h2H2,1H3,(H,4,5);1H4. The molecule has 0 aliphatic rings.